The summed E-state index contributed by atoms with van der Waals surface area (Å²) in [6.07, 6.45) is 2.31. The molecule has 6 nitrogen and oxygen atoms in total. The summed E-state index contributed by atoms with van der Waals surface area (Å²) in [7, 11) is 0. The highest BCUT2D eigenvalue weighted by atomic mass is 16.5. The molecule has 1 unspecified atom stereocenters. The molecule has 1 amide bonds. The van der Waals surface area contributed by atoms with E-state index in [1.165, 1.54) is 11.8 Å². The summed E-state index contributed by atoms with van der Waals surface area (Å²) in [5, 5.41) is 2.98. The number of hydrogen-bond donors (Lipinski definition) is 1. The molecule has 2 aromatic carbocycles. The lowest BCUT2D eigenvalue weighted by molar-refractivity contribution is 0.0909. The molecule has 1 atom stereocenters. The summed E-state index contributed by atoms with van der Waals surface area (Å²) in [5.41, 5.74) is 3.13. The minimum atomic E-state index is -0.271. The Morgan fingerprint density at radius 2 is 2.03 bits per heavy atom. The van der Waals surface area contributed by atoms with Crippen LogP contribution in [0.15, 0.2) is 71.3 Å². The number of imidazole rings is 1. The van der Waals surface area contributed by atoms with Crippen molar-refractivity contribution in [3.05, 3.63) is 84.1 Å². The lowest BCUT2D eigenvalue weighted by Crippen LogP contribution is -2.28. The number of aryl methyl sites for hydroxylation is 2. The fraction of sp³-hybridized carbons (Fsp3) is 0.250. The summed E-state index contributed by atoms with van der Waals surface area (Å²) < 4.78 is 13.2. The van der Waals surface area contributed by atoms with E-state index in [-0.39, 0.29) is 17.7 Å². The number of benzene rings is 2. The summed E-state index contributed by atoms with van der Waals surface area (Å²) in [5.74, 6) is 1.72. The molecule has 4 rings (SSSR count). The second-order valence-electron chi connectivity index (χ2n) is 7.30. The monoisotopic (exact) mass is 403 g/mol. The number of fused-ring (bicyclic) bond motifs is 1. The van der Waals surface area contributed by atoms with Crippen LogP contribution < -0.4 is 10.1 Å². The highest BCUT2D eigenvalue weighted by molar-refractivity contribution is 5.91. The van der Waals surface area contributed by atoms with E-state index in [1.807, 2.05) is 49.4 Å². The number of para-hydroxylation sites is 2. The molecule has 0 aliphatic carbocycles. The van der Waals surface area contributed by atoms with E-state index in [2.05, 4.69) is 22.9 Å². The Balaban J connectivity index is 1.47. The van der Waals surface area contributed by atoms with Crippen LogP contribution in [0.1, 0.15) is 41.3 Å². The van der Waals surface area contributed by atoms with Crippen LogP contribution in [0.5, 0.6) is 5.75 Å². The van der Waals surface area contributed by atoms with E-state index in [1.54, 1.807) is 12.1 Å². The van der Waals surface area contributed by atoms with Crippen molar-refractivity contribution in [3.63, 3.8) is 0 Å². The first-order valence-corrected chi connectivity index (χ1v) is 10.1. The van der Waals surface area contributed by atoms with Gasteiger partial charge in [0.25, 0.3) is 5.91 Å². The zero-order chi connectivity index (χ0) is 20.9. The first kappa shape index (κ1) is 19.8. The van der Waals surface area contributed by atoms with Crippen molar-refractivity contribution >= 4 is 16.9 Å². The van der Waals surface area contributed by atoms with Crippen LogP contribution in [0.4, 0.5) is 0 Å². The van der Waals surface area contributed by atoms with Crippen LogP contribution in [0.25, 0.3) is 11.0 Å². The molecule has 0 fully saturated rings. The SMILES string of the molecule is Cc1cccc(OCCCn2c(C(C)NC(=O)c3ccco3)nc3ccccc32)c1. The number of nitrogens with one attached hydrogen (secondary N) is 1. The van der Waals surface area contributed by atoms with Crippen molar-refractivity contribution in [1.29, 1.82) is 0 Å². The summed E-state index contributed by atoms with van der Waals surface area (Å²) >= 11 is 0. The van der Waals surface area contributed by atoms with Crippen LogP contribution in [0.3, 0.4) is 0 Å². The highest BCUT2D eigenvalue weighted by Gasteiger charge is 2.20. The quantitative estimate of drug-likeness (QED) is 0.425. The number of carbonyl (C=O) groups is 1. The Hall–Kier alpha value is -3.54. The van der Waals surface area contributed by atoms with Crippen molar-refractivity contribution in [1.82, 2.24) is 14.9 Å². The van der Waals surface area contributed by atoms with Gasteiger partial charge in [-0.3, -0.25) is 4.79 Å². The first-order valence-electron chi connectivity index (χ1n) is 10.1. The average Bonchev–Trinajstić information content (AvgIpc) is 3.40. The Kier molecular flexibility index (Phi) is 5.84. The van der Waals surface area contributed by atoms with Crippen molar-refractivity contribution in [2.45, 2.75) is 32.9 Å². The summed E-state index contributed by atoms with van der Waals surface area (Å²) in [6, 6.07) is 19.1. The van der Waals surface area contributed by atoms with Gasteiger partial charge >= 0.3 is 0 Å². The van der Waals surface area contributed by atoms with Gasteiger partial charge < -0.3 is 19.0 Å². The second-order valence-corrected chi connectivity index (χ2v) is 7.30. The molecular formula is C24H25N3O3. The molecule has 6 heteroatoms. The van der Waals surface area contributed by atoms with Gasteiger partial charge in [-0.15, -0.1) is 0 Å². The molecule has 0 radical (unpaired) electrons. The molecule has 0 saturated heterocycles. The van der Waals surface area contributed by atoms with Crippen molar-refractivity contribution in [2.75, 3.05) is 6.61 Å². The lowest BCUT2D eigenvalue weighted by Gasteiger charge is -2.16. The molecule has 4 aromatic rings. The van der Waals surface area contributed by atoms with Gasteiger partial charge in [0, 0.05) is 6.54 Å². The Morgan fingerprint density at radius 1 is 1.17 bits per heavy atom. The largest absolute Gasteiger partial charge is 0.494 e. The normalized spacial score (nSPS) is 12.1. The van der Waals surface area contributed by atoms with Crippen LogP contribution in [-0.4, -0.2) is 22.1 Å². The zero-order valence-electron chi connectivity index (χ0n) is 17.2. The van der Waals surface area contributed by atoms with Gasteiger partial charge in [-0.05, 0) is 62.2 Å². The predicted octanol–water partition coefficient (Wildman–Crippen LogP) is 4.90. The maximum absolute atomic E-state index is 12.4. The molecule has 0 aliphatic heterocycles. The number of aromatic nitrogens is 2. The molecular weight excluding hydrogens is 378 g/mol. The molecule has 30 heavy (non-hydrogen) atoms. The minimum Gasteiger partial charge on any atom is -0.494 e. The van der Waals surface area contributed by atoms with Gasteiger partial charge in [0.1, 0.15) is 11.6 Å². The highest BCUT2D eigenvalue weighted by Crippen LogP contribution is 2.22. The third kappa shape index (κ3) is 4.38. The Morgan fingerprint density at radius 3 is 2.83 bits per heavy atom. The lowest BCUT2D eigenvalue weighted by atomic mass is 10.2. The second kappa shape index (κ2) is 8.86. The minimum absolute atomic E-state index is 0.256. The maximum atomic E-state index is 12.4. The maximum Gasteiger partial charge on any atom is 0.287 e. The van der Waals surface area contributed by atoms with E-state index in [0.29, 0.717) is 6.61 Å². The van der Waals surface area contributed by atoms with E-state index >= 15 is 0 Å². The molecule has 0 bridgehead atoms. The van der Waals surface area contributed by atoms with Crippen molar-refractivity contribution in [3.8, 4) is 5.75 Å². The van der Waals surface area contributed by atoms with Gasteiger partial charge in [-0.25, -0.2) is 4.98 Å². The number of nitrogens with zero attached hydrogens (tertiary/aromatic N) is 2. The molecule has 0 spiro atoms. The van der Waals surface area contributed by atoms with E-state index in [9.17, 15) is 4.79 Å². The average molecular weight is 403 g/mol. The van der Waals surface area contributed by atoms with Crippen LogP contribution in [0.2, 0.25) is 0 Å². The number of carbonyl (C=O) groups excluding carboxylic acids is 1. The number of hydrogen-bond acceptors (Lipinski definition) is 4. The summed E-state index contributed by atoms with van der Waals surface area (Å²) in [6.45, 7) is 5.32. The molecule has 2 heterocycles. The summed E-state index contributed by atoms with van der Waals surface area (Å²) in [4.78, 5) is 17.2. The van der Waals surface area contributed by atoms with E-state index in [0.717, 1.165) is 35.6 Å². The molecule has 2 aromatic heterocycles. The standard InChI is InChI=1S/C24H25N3O3/c1-17-8-5-9-19(16-17)29-15-7-13-27-21-11-4-3-10-20(21)26-23(27)18(2)25-24(28)22-12-6-14-30-22/h3-6,8-12,14,16,18H,7,13,15H2,1-2H3,(H,25,28). The third-order valence-electron chi connectivity index (χ3n) is 4.95. The van der Waals surface area contributed by atoms with E-state index in [4.69, 9.17) is 14.1 Å². The van der Waals surface area contributed by atoms with Crippen LogP contribution in [-0.2, 0) is 6.54 Å². The number of rotatable bonds is 8. The third-order valence-corrected chi connectivity index (χ3v) is 4.95. The Bertz CT molecular complexity index is 1130. The van der Waals surface area contributed by atoms with E-state index < -0.39 is 0 Å². The zero-order valence-corrected chi connectivity index (χ0v) is 17.2. The fourth-order valence-corrected chi connectivity index (χ4v) is 3.52. The van der Waals surface area contributed by atoms with Gasteiger partial charge in [0.15, 0.2) is 5.76 Å². The number of ether oxygens (including phenoxy) is 1. The van der Waals surface area contributed by atoms with Crippen LogP contribution >= 0.6 is 0 Å². The van der Waals surface area contributed by atoms with Crippen LogP contribution in [0, 0.1) is 6.92 Å². The number of furan rings is 1. The molecule has 1 N–H and O–H groups in total. The fourth-order valence-electron chi connectivity index (χ4n) is 3.52. The smallest absolute Gasteiger partial charge is 0.287 e. The molecule has 0 saturated carbocycles. The van der Waals surface area contributed by atoms with Gasteiger partial charge in [-0.2, -0.15) is 0 Å². The molecule has 154 valence electrons. The van der Waals surface area contributed by atoms with Gasteiger partial charge in [-0.1, -0.05) is 24.3 Å². The molecule has 0 aliphatic rings. The number of amides is 1. The Labute approximate surface area is 175 Å². The van der Waals surface area contributed by atoms with Gasteiger partial charge in [0.05, 0.1) is 29.9 Å². The topological polar surface area (TPSA) is 69.3 Å². The first-order chi connectivity index (χ1) is 14.6. The van der Waals surface area contributed by atoms with Crippen molar-refractivity contribution in [2.24, 2.45) is 0 Å². The van der Waals surface area contributed by atoms with Crippen molar-refractivity contribution < 1.29 is 13.9 Å². The predicted molar refractivity (Wildman–Crippen MR) is 116 cm³/mol. The van der Waals surface area contributed by atoms with Gasteiger partial charge in [0.2, 0.25) is 0 Å².